The number of aryl methyl sites for hydroxylation is 1. The molecule has 0 aliphatic carbocycles. The molecule has 2 N–H and O–H groups in total. The molecule has 2 rings (SSSR count). The van der Waals surface area contributed by atoms with E-state index in [0.717, 1.165) is 5.56 Å². The first kappa shape index (κ1) is 20.0. The Labute approximate surface area is 161 Å². The standard InChI is InChI=1S/C20H17ClN2O4/c1-13-2-5-16(21)11-18(13)23-20(26)15(12-22)10-14-3-6-17(7-4-14)27-9-8-19(24)25/h2-7,10-11H,8-9H2,1H3,(H,23,26)(H,24,25)/b15-10+. The van der Waals surface area contributed by atoms with E-state index in [0.29, 0.717) is 22.0 Å². The van der Waals surface area contributed by atoms with Gasteiger partial charge < -0.3 is 15.2 Å². The van der Waals surface area contributed by atoms with Crippen LogP contribution in [0.3, 0.4) is 0 Å². The summed E-state index contributed by atoms with van der Waals surface area (Å²) in [4.78, 5) is 22.8. The lowest BCUT2D eigenvalue weighted by Crippen LogP contribution is -2.14. The number of halogens is 1. The monoisotopic (exact) mass is 384 g/mol. The van der Waals surface area contributed by atoms with E-state index in [1.54, 1.807) is 42.5 Å². The zero-order valence-electron chi connectivity index (χ0n) is 14.5. The van der Waals surface area contributed by atoms with Crippen molar-refractivity contribution in [3.05, 3.63) is 64.2 Å². The molecular weight excluding hydrogens is 368 g/mol. The summed E-state index contributed by atoms with van der Waals surface area (Å²) in [5, 5.41) is 21.0. The summed E-state index contributed by atoms with van der Waals surface area (Å²) >= 11 is 5.94. The molecule has 0 saturated heterocycles. The summed E-state index contributed by atoms with van der Waals surface area (Å²) in [6.45, 7) is 1.89. The lowest BCUT2D eigenvalue weighted by molar-refractivity contribution is -0.137. The van der Waals surface area contributed by atoms with Crippen LogP contribution in [0.2, 0.25) is 5.02 Å². The van der Waals surface area contributed by atoms with E-state index in [-0.39, 0.29) is 18.6 Å². The molecule has 27 heavy (non-hydrogen) atoms. The highest BCUT2D eigenvalue weighted by Crippen LogP contribution is 2.21. The Morgan fingerprint density at radius 1 is 1.26 bits per heavy atom. The molecule has 1 amide bonds. The predicted octanol–water partition coefficient (Wildman–Crippen LogP) is 4.05. The zero-order chi connectivity index (χ0) is 19.8. The van der Waals surface area contributed by atoms with Crippen LogP contribution in [-0.2, 0) is 9.59 Å². The van der Waals surface area contributed by atoms with E-state index < -0.39 is 11.9 Å². The maximum atomic E-state index is 12.4. The lowest BCUT2D eigenvalue weighted by Gasteiger charge is -2.08. The van der Waals surface area contributed by atoms with Crippen molar-refractivity contribution in [3.8, 4) is 11.8 Å². The van der Waals surface area contributed by atoms with Gasteiger partial charge in [-0.15, -0.1) is 0 Å². The van der Waals surface area contributed by atoms with Crippen molar-refractivity contribution < 1.29 is 19.4 Å². The summed E-state index contributed by atoms with van der Waals surface area (Å²) in [5.41, 5.74) is 1.94. The van der Waals surface area contributed by atoms with E-state index in [1.807, 2.05) is 13.0 Å². The minimum absolute atomic E-state index is 0.0612. The highest BCUT2D eigenvalue weighted by atomic mass is 35.5. The van der Waals surface area contributed by atoms with Gasteiger partial charge in [0.25, 0.3) is 5.91 Å². The fourth-order valence-corrected chi connectivity index (χ4v) is 2.32. The number of nitriles is 1. The molecule has 0 radical (unpaired) electrons. The van der Waals surface area contributed by atoms with Gasteiger partial charge in [-0.2, -0.15) is 5.26 Å². The molecule has 138 valence electrons. The lowest BCUT2D eigenvalue weighted by atomic mass is 10.1. The van der Waals surface area contributed by atoms with Gasteiger partial charge >= 0.3 is 5.97 Å². The van der Waals surface area contributed by atoms with Gasteiger partial charge in [-0.25, -0.2) is 0 Å². The Morgan fingerprint density at radius 3 is 2.59 bits per heavy atom. The number of carboxylic acids is 1. The van der Waals surface area contributed by atoms with Gasteiger partial charge in [0.2, 0.25) is 0 Å². The number of hydrogen-bond acceptors (Lipinski definition) is 4. The normalized spacial score (nSPS) is 10.8. The number of carbonyl (C=O) groups excluding carboxylic acids is 1. The molecule has 2 aromatic rings. The molecule has 0 aliphatic rings. The second-order valence-corrected chi connectivity index (χ2v) is 6.08. The summed E-state index contributed by atoms with van der Waals surface area (Å²) in [7, 11) is 0. The predicted molar refractivity (Wildman–Crippen MR) is 103 cm³/mol. The van der Waals surface area contributed by atoms with Gasteiger partial charge in [-0.05, 0) is 48.4 Å². The number of benzene rings is 2. The van der Waals surface area contributed by atoms with Crippen LogP contribution < -0.4 is 10.1 Å². The summed E-state index contributed by atoms with van der Waals surface area (Å²) in [5.74, 6) is -0.968. The molecule has 0 fully saturated rings. The van der Waals surface area contributed by atoms with E-state index in [2.05, 4.69) is 5.32 Å². The topological polar surface area (TPSA) is 99.4 Å². The highest BCUT2D eigenvalue weighted by molar-refractivity contribution is 6.31. The zero-order valence-corrected chi connectivity index (χ0v) is 15.3. The largest absolute Gasteiger partial charge is 0.493 e. The molecule has 6 nitrogen and oxygen atoms in total. The minimum atomic E-state index is -0.936. The third kappa shape index (κ3) is 6.17. The molecule has 0 unspecified atom stereocenters. The number of carbonyl (C=O) groups is 2. The molecule has 0 aromatic heterocycles. The summed E-state index contributed by atoms with van der Waals surface area (Å²) in [6.07, 6.45) is 1.36. The van der Waals surface area contributed by atoms with Gasteiger partial charge in [0.1, 0.15) is 17.4 Å². The number of nitrogens with zero attached hydrogens (tertiary/aromatic N) is 1. The summed E-state index contributed by atoms with van der Waals surface area (Å²) < 4.78 is 5.30. The average molecular weight is 385 g/mol. The Hall–Kier alpha value is -3.30. The molecule has 7 heteroatoms. The number of nitrogens with one attached hydrogen (secondary N) is 1. The first-order chi connectivity index (χ1) is 12.9. The Morgan fingerprint density at radius 2 is 1.96 bits per heavy atom. The average Bonchev–Trinajstić information content (AvgIpc) is 2.63. The van der Waals surface area contributed by atoms with E-state index in [4.69, 9.17) is 21.4 Å². The third-order valence-corrected chi connectivity index (χ3v) is 3.82. The van der Waals surface area contributed by atoms with Gasteiger partial charge in [-0.1, -0.05) is 29.8 Å². The Kier molecular flexibility index (Phi) is 6.98. The van der Waals surface area contributed by atoms with Gasteiger partial charge in [0.05, 0.1) is 13.0 Å². The Balaban J connectivity index is 2.08. The molecular formula is C20H17ClN2O4. The van der Waals surface area contributed by atoms with Crippen molar-refractivity contribution in [2.24, 2.45) is 0 Å². The van der Waals surface area contributed by atoms with Gasteiger partial charge in [0, 0.05) is 10.7 Å². The van der Waals surface area contributed by atoms with Crippen LogP contribution in [0.4, 0.5) is 5.69 Å². The van der Waals surface area contributed by atoms with E-state index in [9.17, 15) is 14.9 Å². The SMILES string of the molecule is Cc1ccc(Cl)cc1NC(=O)/C(C#N)=C/c1ccc(OCCC(=O)O)cc1. The van der Waals surface area contributed by atoms with Crippen molar-refractivity contribution in [1.82, 2.24) is 0 Å². The van der Waals surface area contributed by atoms with Crippen molar-refractivity contribution in [1.29, 1.82) is 5.26 Å². The fourth-order valence-electron chi connectivity index (χ4n) is 2.15. The smallest absolute Gasteiger partial charge is 0.306 e. The molecule has 0 heterocycles. The quantitative estimate of drug-likeness (QED) is 0.554. The highest BCUT2D eigenvalue weighted by Gasteiger charge is 2.11. The van der Waals surface area contributed by atoms with Crippen LogP contribution in [0, 0.1) is 18.3 Å². The van der Waals surface area contributed by atoms with Crippen molar-refractivity contribution in [3.63, 3.8) is 0 Å². The maximum Gasteiger partial charge on any atom is 0.306 e. The van der Waals surface area contributed by atoms with Crippen LogP contribution in [0.15, 0.2) is 48.0 Å². The minimum Gasteiger partial charge on any atom is -0.493 e. The number of aliphatic carboxylic acids is 1. The number of carboxylic acid groups (broad SMARTS) is 1. The number of anilines is 1. The first-order valence-electron chi connectivity index (χ1n) is 8.03. The maximum absolute atomic E-state index is 12.4. The van der Waals surface area contributed by atoms with Crippen molar-refractivity contribution in [2.75, 3.05) is 11.9 Å². The van der Waals surface area contributed by atoms with Crippen molar-refractivity contribution >= 4 is 35.2 Å². The van der Waals surface area contributed by atoms with Crippen LogP contribution >= 0.6 is 11.6 Å². The van der Waals surface area contributed by atoms with Crippen LogP contribution in [0.1, 0.15) is 17.5 Å². The number of ether oxygens (including phenoxy) is 1. The molecule has 0 atom stereocenters. The molecule has 0 bridgehead atoms. The molecule has 0 saturated carbocycles. The van der Waals surface area contributed by atoms with E-state index in [1.165, 1.54) is 6.08 Å². The number of hydrogen-bond donors (Lipinski definition) is 2. The van der Waals surface area contributed by atoms with Crippen LogP contribution in [-0.4, -0.2) is 23.6 Å². The number of amides is 1. The molecule has 0 spiro atoms. The molecule has 0 aliphatic heterocycles. The van der Waals surface area contributed by atoms with Gasteiger partial charge in [0.15, 0.2) is 0 Å². The first-order valence-corrected chi connectivity index (χ1v) is 8.41. The van der Waals surface area contributed by atoms with Crippen LogP contribution in [0.5, 0.6) is 5.75 Å². The summed E-state index contributed by atoms with van der Waals surface area (Å²) in [6, 6.07) is 13.6. The van der Waals surface area contributed by atoms with Gasteiger partial charge in [-0.3, -0.25) is 9.59 Å². The van der Waals surface area contributed by atoms with Crippen LogP contribution in [0.25, 0.3) is 6.08 Å². The van der Waals surface area contributed by atoms with Crippen molar-refractivity contribution in [2.45, 2.75) is 13.3 Å². The second-order valence-electron chi connectivity index (χ2n) is 5.64. The third-order valence-electron chi connectivity index (χ3n) is 3.59. The second kappa shape index (κ2) is 9.41. The molecule has 2 aromatic carbocycles. The Bertz CT molecular complexity index is 915. The number of rotatable bonds is 7. The fraction of sp³-hybridized carbons (Fsp3) is 0.150. The van der Waals surface area contributed by atoms with E-state index >= 15 is 0 Å².